The van der Waals surface area contributed by atoms with Crippen LogP contribution in [0.2, 0.25) is 0 Å². The number of hydrogen-bond donors (Lipinski definition) is 1. The molecule has 0 atom stereocenters. The van der Waals surface area contributed by atoms with Crippen LogP contribution in [0.3, 0.4) is 0 Å². The van der Waals surface area contributed by atoms with Gasteiger partial charge in [0, 0.05) is 38.4 Å². The number of carbonyl (C=O) groups is 1. The molecule has 0 aliphatic carbocycles. The van der Waals surface area contributed by atoms with E-state index < -0.39 is 26.0 Å². The highest BCUT2D eigenvalue weighted by molar-refractivity contribution is 7.89. The second-order valence-corrected chi connectivity index (χ2v) is 12.0. The van der Waals surface area contributed by atoms with Crippen molar-refractivity contribution in [2.75, 3.05) is 39.6 Å². The summed E-state index contributed by atoms with van der Waals surface area (Å²) in [5.74, 6) is -0.403. The second kappa shape index (κ2) is 10.2. The van der Waals surface area contributed by atoms with Crippen LogP contribution in [0.15, 0.2) is 52.3 Å². The number of sulfonamides is 2. The summed E-state index contributed by atoms with van der Waals surface area (Å²) in [4.78, 5) is 12.8. The first-order valence-corrected chi connectivity index (χ1v) is 13.5. The maximum absolute atomic E-state index is 12.9. The third kappa shape index (κ3) is 5.55. The quantitative estimate of drug-likeness (QED) is 0.632. The Morgan fingerprint density at radius 2 is 1.55 bits per heavy atom. The molecule has 11 heteroatoms. The highest BCUT2D eigenvalue weighted by atomic mass is 32.2. The molecule has 0 radical (unpaired) electrons. The van der Waals surface area contributed by atoms with E-state index in [1.807, 2.05) is 0 Å². The summed E-state index contributed by atoms with van der Waals surface area (Å²) >= 11 is 0. The molecule has 9 nitrogen and oxygen atoms in total. The van der Waals surface area contributed by atoms with Crippen molar-refractivity contribution in [1.29, 1.82) is 0 Å². The van der Waals surface area contributed by atoms with Crippen LogP contribution < -0.4 is 10.1 Å². The summed E-state index contributed by atoms with van der Waals surface area (Å²) in [6.07, 6.45) is 3.75. The van der Waals surface area contributed by atoms with E-state index >= 15 is 0 Å². The number of carbonyl (C=O) groups excluding carboxylic acids is 1. The number of benzene rings is 2. The van der Waals surface area contributed by atoms with E-state index in [1.165, 1.54) is 68.0 Å². The molecule has 0 bridgehead atoms. The van der Waals surface area contributed by atoms with Crippen LogP contribution >= 0.6 is 0 Å². The SMILES string of the molecule is COc1ccc(C(=O)Nc2ccc(S(=O)(=O)N3CCCCCC3)cc2)cc1S(=O)(=O)N(C)C. The van der Waals surface area contributed by atoms with Gasteiger partial charge in [0.05, 0.1) is 12.0 Å². The summed E-state index contributed by atoms with van der Waals surface area (Å²) in [7, 11) is -3.28. The number of amides is 1. The number of hydrogen-bond acceptors (Lipinski definition) is 6. The number of rotatable bonds is 7. The first-order chi connectivity index (χ1) is 15.6. The first-order valence-electron chi connectivity index (χ1n) is 10.6. The van der Waals surface area contributed by atoms with Gasteiger partial charge < -0.3 is 10.1 Å². The van der Waals surface area contributed by atoms with E-state index in [1.54, 1.807) is 0 Å². The predicted octanol–water partition coefficient (Wildman–Crippen LogP) is 2.76. The van der Waals surface area contributed by atoms with Crippen LogP contribution in [-0.4, -0.2) is 65.6 Å². The molecule has 0 spiro atoms. The normalized spacial score (nSPS) is 15.8. The molecule has 0 aromatic heterocycles. The van der Waals surface area contributed by atoms with Crippen molar-refractivity contribution in [2.24, 2.45) is 0 Å². The topological polar surface area (TPSA) is 113 Å². The van der Waals surface area contributed by atoms with Crippen molar-refractivity contribution in [3.05, 3.63) is 48.0 Å². The minimum absolute atomic E-state index is 0.123. The molecule has 1 aliphatic rings. The zero-order chi connectivity index (χ0) is 24.2. The molecule has 1 N–H and O–H groups in total. The van der Waals surface area contributed by atoms with Gasteiger partial charge in [0.1, 0.15) is 10.6 Å². The van der Waals surface area contributed by atoms with Gasteiger partial charge in [0.15, 0.2) is 0 Å². The zero-order valence-corrected chi connectivity index (χ0v) is 20.6. The predicted molar refractivity (Wildman–Crippen MR) is 125 cm³/mol. The molecule has 33 heavy (non-hydrogen) atoms. The number of nitrogens with one attached hydrogen (secondary N) is 1. The second-order valence-electron chi connectivity index (χ2n) is 7.95. The van der Waals surface area contributed by atoms with Gasteiger partial charge in [-0.1, -0.05) is 12.8 Å². The monoisotopic (exact) mass is 495 g/mol. The number of nitrogens with zero attached hydrogens (tertiary/aromatic N) is 2. The van der Waals surface area contributed by atoms with Crippen molar-refractivity contribution in [1.82, 2.24) is 8.61 Å². The Bertz CT molecular complexity index is 1200. The Kier molecular flexibility index (Phi) is 7.78. The average molecular weight is 496 g/mol. The van der Waals surface area contributed by atoms with E-state index in [4.69, 9.17) is 4.74 Å². The molecule has 1 saturated heterocycles. The molecule has 3 rings (SSSR count). The molecule has 1 heterocycles. The van der Waals surface area contributed by atoms with Gasteiger partial charge in [-0.15, -0.1) is 0 Å². The van der Waals surface area contributed by atoms with E-state index in [2.05, 4.69) is 5.32 Å². The maximum Gasteiger partial charge on any atom is 0.255 e. The Morgan fingerprint density at radius 3 is 2.09 bits per heavy atom. The van der Waals surface area contributed by atoms with E-state index in [9.17, 15) is 21.6 Å². The minimum atomic E-state index is -3.83. The van der Waals surface area contributed by atoms with E-state index in [0.29, 0.717) is 18.8 Å². The number of methoxy groups -OCH3 is 1. The van der Waals surface area contributed by atoms with E-state index in [-0.39, 0.29) is 21.1 Å². The highest BCUT2D eigenvalue weighted by Gasteiger charge is 2.26. The van der Waals surface area contributed by atoms with Crippen molar-refractivity contribution in [3.63, 3.8) is 0 Å². The van der Waals surface area contributed by atoms with Crippen LogP contribution in [0, 0.1) is 0 Å². The van der Waals surface area contributed by atoms with Crippen LogP contribution in [0.1, 0.15) is 36.0 Å². The lowest BCUT2D eigenvalue weighted by Gasteiger charge is -2.20. The van der Waals surface area contributed by atoms with Gasteiger partial charge in [-0.3, -0.25) is 4.79 Å². The fourth-order valence-corrected chi connectivity index (χ4v) is 6.15. The summed E-state index contributed by atoms with van der Waals surface area (Å²) in [5, 5.41) is 2.68. The largest absolute Gasteiger partial charge is 0.495 e. The van der Waals surface area contributed by atoms with Gasteiger partial charge in [0.25, 0.3) is 5.91 Å². The van der Waals surface area contributed by atoms with Crippen molar-refractivity contribution < 1.29 is 26.4 Å². The van der Waals surface area contributed by atoms with E-state index in [0.717, 1.165) is 30.0 Å². The van der Waals surface area contributed by atoms with Crippen LogP contribution in [0.5, 0.6) is 5.75 Å². The van der Waals surface area contributed by atoms with Crippen molar-refractivity contribution in [3.8, 4) is 5.75 Å². The van der Waals surface area contributed by atoms with Gasteiger partial charge in [0.2, 0.25) is 20.0 Å². The van der Waals surface area contributed by atoms with Crippen LogP contribution in [-0.2, 0) is 20.0 Å². The smallest absolute Gasteiger partial charge is 0.255 e. The lowest BCUT2D eigenvalue weighted by Crippen LogP contribution is -2.31. The lowest BCUT2D eigenvalue weighted by molar-refractivity contribution is 0.102. The molecule has 1 fully saturated rings. The fraction of sp³-hybridized carbons (Fsp3) is 0.409. The maximum atomic E-state index is 12.9. The summed E-state index contributed by atoms with van der Waals surface area (Å²) in [6, 6.07) is 10.1. The standard InChI is InChI=1S/C22H29N3O6S2/c1-24(2)33(29,30)21-16-17(8-13-20(21)31-3)22(26)23-18-9-11-19(12-10-18)32(27,28)25-14-6-4-5-7-15-25/h8-13,16H,4-7,14-15H2,1-3H3,(H,23,26). The molecule has 180 valence electrons. The van der Waals surface area contributed by atoms with Crippen molar-refractivity contribution in [2.45, 2.75) is 35.5 Å². The van der Waals surface area contributed by atoms with Crippen LogP contribution in [0.4, 0.5) is 5.69 Å². The number of ether oxygens (including phenoxy) is 1. The Balaban J connectivity index is 1.80. The van der Waals surface area contributed by atoms with Crippen molar-refractivity contribution >= 4 is 31.6 Å². The first kappa shape index (κ1) is 25.2. The number of anilines is 1. The Morgan fingerprint density at radius 1 is 0.939 bits per heavy atom. The molecule has 0 unspecified atom stereocenters. The molecule has 1 amide bonds. The third-order valence-corrected chi connectivity index (χ3v) is 9.25. The Hall–Kier alpha value is -2.47. The highest BCUT2D eigenvalue weighted by Crippen LogP contribution is 2.27. The molecular formula is C22H29N3O6S2. The zero-order valence-electron chi connectivity index (χ0n) is 18.9. The fourth-order valence-electron chi connectivity index (χ4n) is 3.56. The minimum Gasteiger partial charge on any atom is -0.495 e. The summed E-state index contributed by atoms with van der Waals surface area (Å²) in [5.41, 5.74) is 0.514. The van der Waals surface area contributed by atoms with Gasteiger partial charge in [-0.25, -0.2) is 21.1 Å². The van der Waals surface area contributed by atoms with Gasteiger partial charge in [-0.05, 0) is 55.3 Å². The summed E-state index contributed by atoms with van der Waals surface area (Å²) < 4.78 is 58.7. The molecule has 0 saturated carbocycles. The van der Waals surface area contributed by atoms with Gasteiger partial charge >= 0.3 is 0 Å². The van der Waals surface area contributed by atoms with Gasteiger partial charge in [-0.2, -0.15) is 4.31 Å². The molecule has 1 aliphatic heterocycles. The average Bonchev–Trinajstić information content (AvgIpc) is 3.09. The summed E-state index contributed by atoms with van der Waals surface area (Å²) in [6.45, 7) is 1.02. The Labute approximate surface area is 195 Å². The third-order valence-electron chi connectivity index (χ3n) is 5.50. The molecule has 2 aromatic rings. The molecule has 2 aromatic carbocycles. The van der Waals surface area contributed by atoms with Crippen LogP contribution in [0.25, 0.3) is 0 Å². The lowest BCUT2D eigenvalue weighted by atomic mass is 10.2. The molecular weight excluding hydrogens is 466 g/mol.